The van der Waals surface area contributed by atoms with Crippen molar-refractivity contribution in [2.24, 2.45) is 12.5 Å². The van der Waals surface area contributed by atoms with Crippen LogP contribution in [-0.2, 0) is 11.8 Å². The van der Waals surface area contributed by atoms with Crippen LogP contribution in [0.25, 0.3) is 15.3 Å². The summed E-state index contributed by atoms with van der Waals surface area (Å²) in [7, 11) is 1.90. The maximum Gasteiger partial charge on any atom is 0.260 e. The molecule has 4 aromatic heterocycles. The summed E-state index contributed by atoms with van der Waals surface area (Å²) in [5.41, 5.74) is 4.53. The standard InChI is InChI=1S/C24H28N8O2S/c1-14-19(6-16(7-25-14)28-21(33)11-31-12-24(3,4)13-31)29-22(34)18-9-27-32-10-20(35-23(18)32)17-8-26-30(5)15(17)2/h6-10H,11-13H2,1-5H3,(H,28,33)(H,29,34). The number of amides is 2. The number of rotatable bonds is 6. The molecule has 0 spiro atoms. The molecule has 35 heavy (non-hydrogen) atoms. The smallest absolute Gasteiger partial charge is 0.260 e. The summed E-state index contributed by atoms with van der Waals surface area (Å²) in [5.74, 6) is -0.383. The molecule has 1 aliphatic rings. The Hall–Kier alpha value is -3.57. The summed E-state index contributed by atoms with van der Waals surface area (Å²) in [6, 6.07) is 1.73. The highest BCUT2D eigenvalue weighted by molar-refractivity contribution is 7.21. The molecule has 10 nitrogen and oxygen atoms in total. The van der Waals surface area contributed by atoms with Crippen molar-refractivity contribution in [3.05, 3.63) is 47.8 Å². The van der Waals surface area contributed by atoms with Crippen molar-refractivity contribution in [1.29, 1.82) is 0 Å². The van der Waals surface area contributed by atoms with E-state index in [1.807, 2.05) is 38.0 Å². The summed E-state index contributed by atoms with van der Waals surface area (Å²) >= 11 is 1.49. The van der Waals surface area contributed by atoms with E-state index in [1.165, 1.54) is 11.3 Å². The van der Waals surface area contributed by atoms with Gasteiger partial charge in [-0.25, -0.2) is 4.52 Å². The zero-order chi connectivity index (χ0) is 24.9. The minimum Gasteiger partial charge on any atom is -0.324 e. The number of carbonyl (C=O) groups is 2. The van der Waals surface area contributed by atoms with Crippen molar-refractivity contribution in [2.45, 2.75) is 27.7 Å². The minimum atomic E-state index is -0.285. The molecule has 0 unspecified atom stereocenters. The van der Waals surface area contributed by atoms with E-state index in [4.69, 9.17) is 0 Å². The number of carbonyl (C=O) groups excluding carboxylic acids is 2. The number of anilines is 2. The highest BCUT2D eigenvalue weighted by Crippen LogP contribution is 2.32. The van der Waals surface area contributed by atoms with Crippen molar-refractivity contribution in [1.82, 2.24) is 29.3 Å². The summed E-state index contributed by atoms with van der Waals surface area (Å²) in [6.07, 6.45) is 6.88. The molecular weight excluding hydrogens is 464 g/mol. The average Bonchev–Trinajstić information content (AvgIpc) is 3.44. The summed E-state index contributed by atoms with van der Waals surface area (Å²) in [5, 5.41) is 14.5. The third-order valence-corrected chi connectivity index (χ3v) is 7.38. The summed E-state index contributed by atoms with van der Waals surface area (Å²) in [6.45, 7) is 10.3. The third-order valence-electron chi connectivity index (χ3n) is 6.23. The SMILES string of the molecule is Cc1ncc(NC(=O)CN2CC(C)(C)C2)cc1NC(=O)c1cnn2cc(-c3cnn(C)c3C)sc12. The first kappa shape index (κ1) is 23.2. The van der Waals surface area contributed by atoms with Gasteiger partial charge in [0.2, 0.25) is 5.91 Å². The Morgan fingerprint density at radius 3 is 2.57 bits per heavy atom. The Morgan fingerprint density at radius 1 is 1.11 bits per heavy atom. The van der Waals surface area contributed by atoms with E-state index in [9.17, 15) is 9.59 Å². The van der Waals surface area contributed by atoms with Crippen LogP contribution < -0.4 is 10.6 Å². The van der Waals surface area contributed by atoms with E-state index in [2.05, 4.69) is 44.6 Å². The van der Waals surface area contributed by atoms with Gasteiger partial charge in [0.25, 0.3) is 5.91 Å². The number of hydrogen-bond acceptors (Lipinski definition) is 7. The number of aromatic nitrogens is 5. The van der Waals surface area contributed by atoms with Gasteiger partial charge in [0.15, 0.2) is 0 Å². The minimum absolute atomic E-state index is 0.0985. The fraction of sp³-hybridized carbons (Fsp3) is 0.375. The number of thiazole rings is 1. The van der Waals surface area contributed by atoms with Crippen LogP contribution in [-0.4, -0.2) is 60.7 Å². The van der Waals surface area contributed by atoms with Crippen LogP contribution in [0.3, 0.4) is 0 Å². The Bertz CT molecular complexity index is 1440. The van der Waals surface area contributed by atoms with Crippen molar-refractivity contribution < 1.29 is 9.59 Å². The molecule has 5 rings (SSSR count). The largest absolute Gasteiger partial charge is 0.324 e. The normalized spacial score (nSPS) is 15.2. The van der Waals surface area contributed by atoms with E-state index in [0.29, 0.717) is 29.2 Å². The number of aryl methyl sites for hydroxylation is 2. The van der Waals surface area contributed by atoms with Crippen molar-refractivity contribution in [3.63, 3.8) is 0 Å². The molecule has 0 saturated carbocycles. The van der Waals surface area contributed by atoms with E-state index in [-0.39, 0.29) is 17.2 Å². The fourth-order valence-electron chi connectivity index (χ4n) is 4.40. The van der Waals surface area contributed by atoms with Gasteiger partial charge in [-0.3, -0.25) is 24.2 Å². The van der Waals surface area contributed by atoms with Gasteiger partial charge in [-0.1, -0.05) is 13.8 Å². The Kier molecular flexibility index (Phi) is 5.68. The van der Waals surface area contributed by atoms with Gasteiger partial charge in [-0.2, -0.15) is 10.2 Å². The molecule has 0 bridgehead atoms. The van der Waals surface area contributed by atoms with Crippen LogP contribution in [0.5, 0.6) is 0 Å². The summed E-state index contributed by atoms with van der Waals surface area (Å²) in [4.78, 5) is 33.8. The lowest BCUT2D eigenvalue weighted by Gasteiger charge is -2.45. The molecule has 2 N–H and O–H groups in total. The third kappa shape index (κ3) is 4.56. The van der Waals surface area contributed by atoms with Gasteiger partial charge in [0, 0.05) is 37.6 Å². The van der Waals surface area contributed by atoms with Crippen LogP contribution in [0, 0.1) is 19.3 Å². The second-order valence-electron chi connectivity index (χ2n) is 9.84. The maximum atomic E-state index is 13.1. The predicted molar refractivity (Wildman–Crippen MR) is 136 cm³/mol. The molecule has 2 amide bonds. The second kappa shape index (κ2) is 8.58. The number of likely N-dealkylation sites (tertiary alicyclic amines) is 1. The van der Waals surface area contributed by atoms with Gasteiger partial charge >= 0.3 is 0 Å². The van der Waals surface area contributed by atoms with Crippen molar-refractivity contribution in [2.75, 3.05) is 30.3 Å². The van der Waals surface area contributed by atoms with Crippen molar-refractivity contribution >= 4 is 39.4 Å². The zero-order valence-corrected chi connectivity index (χ0v) is 21.2. The van der Waals surface area contributed by atoms with Gasteiger partial charge < -0.3 is 10.6 Å². The van der Waals surface area contributed by atoms with Gasteiger partial charge in [-0.15, -0.1) is 11.3 Å². The topological polar surface area (TPSA) is 109 Å². The molecular formula is C24H28N8O2S. The van der Waals surface area contributed by atoms with Crippen LogP contribution in [0.15, 0.2) is 30.9 Å². The highest BCUT2D eigenvalue weighted by Gasteiger charge is 2.34. The number of hydrogen-bond donors (Lipinski definition) is 2. The first-order valence-electron chi connectivity index (χ1n) is 11.4. The molecule has 182 valence electrons. The lowest BCUT2D eigenvalue weighted by Crippen LogP contribution is -2.54. The van der Waals surface area contributed by atoms with Crippen LogP contribution in [0.1, 0.15) is 35.6 Å². The first-order valence-corrected chi connectivity index (χ1v) is 12.2. The molecule has 4 aromatic rings. The molecule has 0 aromatic carbocycles. The number of nitrogens with one attached hydrogen (secondary N) is 2. The fourth-order valence-corrected chi connectivity index (χ4v) is 5.52. The predicted octanol–water partition coefficient (Wildman–Crippen LogP) is 3.34. The molecule has 0 aliphatic carbocycles. The van der Waals surface area contributed by atoms with E-state index in [1.54, 1.807) is 23.0 Å². The van der Waals surface area contributed by atoms with E-state index < -0.39 is 0 Å². The lowest BCUT2D eigenvalue weighted by atomic mass is 9.84. The molecule has 0 radical (unpaired) electrons. The second-order valence-corrected chi connectivity index (χ2v) is 10.9. The summed E-state index contributed by atoms with van der Waals surface area (Å²) < 4.78 is 3.53. The van der Waals surface area contributed by atoms with Gasteiger partial charge in [0.1, 0.15) is 4.83 Å². The van der Waals surface area contributed by atoms with E-state index >= 15 is 0 Å². The van der Waals surface area contributed by atoms with Crippen LogP contribution >= 0.6 is 11.3 Å². The Morgan fingerprint density at radius 2 is 1.89 bits per heavy atom. The van der Waals surface area contributed by atoms with Gasteiger partial charge in [0.05, 0.1) is 52.6 Å². The Balaban J connectivity index is 1.30. The maximum absolute atomic E-state index is 13.1. The quantitative estimate of drug-likeness (QED) is 0.427. The number of fused-ring (bicyclic) bond motifs is 1. The molecule has 1 fully saturated rings. The number of pyridine rings is 1. The first-order chi connectivity index (χ1) is 16.6. The average molecular weight is 493 g/mol. The van der Waals surface area contributed by atoms with Crippen LogP contribution in [0.4, 0.5) is 11.4 Å². The Labute approximate surface area is 207 Å². The lowest BCUT2D eigenvalue weighted by molar-refractivity contribution is -0.120. The molecule has 1 aliphatic heterocycles. The molecule has 1 saturated heterocycles. The van der Waals surface area contributed by atoms with Gasteiger partial charge in [-0.05, 0) is 25.3 Å². The molecule has 11 heteroatoms. The number of nitrogens with zero attached hydrogens (tertiary/aromatic N) is 6. The van der Waals surface area contributed by atoms with E-state index in [0.717, 1.165) is 34.1 Å². The van der Waals surface area contributed by atoms with Crippen molar-refractivity contribution in [3.8, 4) is 10.4 Å². The van der Waals surface area contributed by atoms with Crippen LogP contribution in [0.2, 0.25) is 0 Å². The molecule has 0 atom stereocenters. The molecule has 5 heterocycles. The monoisotopic (exact) mass is 492 g/mol. The highest BCUT2D eigenvalue weighted by atomic mass is 32.1. The zero-order valence-electron chi connectivity index (χ0n) is 20.4.